The van der Waals surface area contributed by atoms with Gasteiger partial charge in [0.25, 0.3) is 0 Å². The first-order valence-electron chi connectivity index (χ1n) is 5.85. The monoisotopic (exact) mass is 243 g/mol. The molecular formula is C15H17NO2. The van der Waals surface area contributed by atoms with Crippen molar-refractivity contribution in [2.24, 2.45) is 0 Å². The van der Waals surface area contributed by atoms with Crippen LogP contribution in [0.4, 0.5) is 0 Å². The van der Waals surface area contributed by atoms with Crippen molar-refractivity contribution in [3.63, 3.8) is 0 Å². The molecule has 94 valence electrons. The molecule has 0 saturated carbocycles. The van der Waals surface area contributed by atoms with Gasteiger partial charge in [0.05, 0.1) is 0 Å². The summed E-state index contributed by atoms with van der Waals surface area (Å²) in [4.78, 5) is 3.97. The fourth-order valence-electron chi connectivity index (χ4n) is 1.62. The standard InChI is InChI=1S/C15H17NO2/c1-3-11-18-12-6-5-9-15(17,4-2)14-8-7-10-16-13-14/h1-2,7-8,10,13,17H,5-6,9,11-12H2. The molecule has 0 saturated heterocycles. The summed E-state index contributed by atoms with van der Waals surface area (Å²) in [6, 6.07) is 3.54. The van der Waals surface area contributed by atoms with E-state index in [4.69, 9.17) is 17.6 Å². The lowest BCUT2D eigenvalue weighted by atomic mass is 9.90. The average molecular weight is 243 g/mol. The number of hydrogen-bond donors (Lipinski definition) is 1. The predicted molar refractivity (Wildman–Crippen MR) is 70.5 cm³/mol. The molecule has 0 aliphatic carbocycles. The van der Waals surface area contributed by atoms with E-state index in [0.717, 1.165) is 12.8 Å². The van der Waals surface area contributed by atoms with Crippen molar-refractivity contribution < 1.29 is 9.84 Å². The van der Waals surface area contributed by atoms with Gasteiger partial charge < -0.3 is 9.84 Å². The molecule has 1 atom stereocenters. The Morgan fingerprint density at radius 3 is 2.83 bits per heavy atom. The topological polar surface area (TPSA) is 42.4 Å². The normalized spacial score (nSPS) is 13.3. The van der Waals surface area contributed by atoms with Crippen molar-refractivity contribution in [3.05, 3.63) is 30.1 Å². The van der Waals surface area contributed by atoms with Crippen molar-refractivity contribution >= 4 is 0 Å². The summed E-state index contributed by atoms with van der Waals surface area (Å²) >= 11 is 0. The summed E-state index contributed by atoms with van der Waals surface area (Å²) in [6.07, 6.45) is 15.8. The minimum Gasteiger partial charge on any atom is -0.373 e. The van der Waals surface area contributed by atoms with Crippen LogP contribution in [0.2, 0.25) is 0 Å². The van der Waals surface area contributed by atoms with Gasteiger partial charge in [-0.05, 0) is 25.3 Å². The van der Waals surface area contributed by atoms with Crippen molar-refractivity contribution in [3.8, 4) is 24.7 Å². The van der Waals surface area contributed by atoms with Gasteiger partial charge in [-0.2, -0.15) is 0 Å². The number of rotatable bonds is 7. The third kappa shape index (κ3) is 4.22. The molecule has 18 heavy (non-hydrogen) atoms. The molecule has 1 aromatic rings. The van der Waals surface area contributed by atoms with Crippen LogP contribution in [0.5, 0.6) is 0 Å². The molecule has 0 amide bonds. The van der Waals surface area contributed by atoms with Crippen LogP contribution in [-0.2, 0) is 10.3 Å². The maximum Gasteiger partial charge on any atom is 0.152 e. The average Bonchev–Trinajstić information content (AvgIpc) is 2.43. The van der Waals surface area contributed by atoms with Gasteiger partial charge >= 0.3 is 0 Å². The number of ether oxygens (including phenoxy) is 1. The summed E-state index contributed by atoms with van der Waals surface area (Å²) in [5, 5.41) is 10.3. The maximum absolute atomic E-state index is 10.3. The molecule has 0 aromatic carbocycles. The molecule has 0 spiro atoms. The van der Waals surface area contributed by atoms with Crippen LogP contribution in [0.25, 0.3) is 0 Å². The fourth-order valence-corrected chi connectivity index (χ4v) is 1.62. The number of aromatic nitrogens is 1. The Morgan fingerprint density at radius 2 is 2.22 bits per heavy atom. The number of terminal acetylenes is 2. The van der Waals surface area contributed by atoms with Gasteiger partial charge in [0, 0.05) is 24.6 Å². The van der Waals surface area contributed by atoms with E-state index < -0.39 is 5.60 Å². The highest BCUT2D eigenvalue weighted by molar-refractivity contribution is 5.27. The molecule has 0 fully saturated rings. The van der Waals surface area contributed by atoms with Gasteiger partial charge in [-0.3, -0.25) is 4.98 Å². The number of aliphatic hydroxyl groups is 1. The Balaban J connectivity index is 2.43. The molecule has 0 aliphatic rings. The van der Waals surface area contributed by atoms with Gasteiger partial charge in [0.1, 0.15) is 6.61 Å². The van der Waals surface area contributed by atoms with Gasteiger partial charge in [0.15, 0.2) is 5.60 Å². The molecule has 1 heterocycles. The first-order chi connectivity index (χ1) is 8.73. The second-order valence-corrected chi connectivity index (χ2v) is 3.96. The number of unbranched alkanes of at least 4 members (excludes halogenated alkanes) is 1. The molecule has 1 unspecified atom stereocenters. The summed E-state index contributed by atoms with van der Waals surface area (Å²) in [7, 11) is 0. The van der Waals surface area contributed by atoms with E-state index in [0.29, 0.717) is 25.2 Å². The van der Waals surface area contributed by atoms with Crippen molar-refractivity contribution in [2.45, 2.75) is 24.9 Å². The number of pyridine rings is 1. The highest BCUT2D eigenvalue weighted by Crippen LogP contribution is 2.25. The minimum absolute atomic E-state index is 0.321. The van der Waals surface area contributed by atoms with Crippen LogP contribution < -0.4 is 0 Å². The molecular weight excluding hydrogens is 226 g/mol. The minimum atomic E-state index is -1.25. The Labute approximate surface area is 108 Å². The van der Waals surface area contributed by atoms with Crippen LogP contribution in [0.3, 0.4) is 0 Å². The van der Waals surface area contributed by atoms with Crippen LogP contribution >= 0.6 is 0 Å². The highest BCUT2D eigenvalue weighted by Gasteiger charge is 2.25. The highest BCUT2D eigenvalue weighted by atomic mass is 16.5. The quantitative estimate of drug-likeness (QED) is 0.585. The molecule has 3 nitrogen and oxygen atoms in total. The van der Waals surface area contributed by atoms with E-state index in [1.54, 1.807) is 24.5 Å². The van der Waals surface area contributed by atoms with E-state index in [9.17, 15) is 5.11 Å². The van der Waals surface area contributed by atoms with E-state index >= 15 is 0 Å². The van der Waals surface area contributed by atoms with Gasteiger partial charge in [-0.1, -0.05) is 17.9 Å². The first kappa shape index (κ1) is 14.3. The SMILES string of the molecule is C#CCOCCCCC(O)(C#C)c1cccnc1. The Bertz CT molecular complexity index is 430. The number of nitrogens with zero attached hydrogens (tertiary/aromatic N) is 1. The van der Waals surface area contributed by atoms with Crippen molar-refractivity contribution in [1.29, 1.82) is 0 Å². The maximum atomic E-state index is 10.3. The molecule has 1 aromatic heterocycles. The van der Waals surface area contributed by atoms with Crippen LogP contribution in [0, 0.1) is 24.7 Å². The summed E-state index contributed by atoms with van der Waals surface area (Å²) in [5.74, 6) is 4.84. The zero-order valence-corrected chi connectivity index (χ0v) is 10.3. The zero-order chi connectivity index (χ0) is 13.3. The molecule has 0 radical (unpaired) electrons. The summed E-state index contributed by atoms with van der Waals surface area (Å²) < 4.78 is 5.16. The smallest absolute Gasteiger partial charge is 0.152 e. The Hall–Kier alpha value is -1.81. The van der Waals surface area contributed by atoms with Crippen LogP contribution in [0.1, 0.15) is 24.8 Å². The van der Waals surface area contributed by atoms with Crippen molar-refractivity contribution in [2.75, 3.05) is 13.2 Å². The zero-order valence-electron chi connectivity index (χ0n) is 10.3. The van der Waals surface area contributed by atoms with Crippen LogP contribution in [-0.4, -0.2) is 23.3 Å². The summed E-state index contributed by atoms with van der Waals surface area (Å²) in [5.41, 5.74) is -0.600. The third-order valence-electron chi connectivity index (χ3n) is 2.64. The van der Waals surface area contributed by atoms with Crippen LogP contribution in [0.15, 0.2) is 24.5 Å². The second kappa shape index (κ2) is 7.50. The molecule has 0 bridgehead atoms. The lowest BCUT2D eigenvalue weighted by molar-refractivity contribution is 0.0818. The van der Waals surface area contributed by atoms with E-state index in [2.05, 4.69) is 16.8 Å². The van der Waals surface area contributed by atoms with Crippen molar-refractivity contribution in [1.82, 2.24) is 4.98 Å². The molecule has 0 aliphatic heterocycles. The fraction of sp³-hybridized carbons (Fsp3) is 0.400. The predicted octanol–water partition coefficient (Wildman–Crippen LogP) is 1.72. The van der Waals surface area contributed by atoms with E-state index in [1.807, 2.05) is 0 Å². The van der Waals surface area contributed by atoms with E-state index in [-0.39, 0.29) is 0 Å². The van der Waals surface area contributed by atoms with Gasteiger partial charge in [0.2, 0.25) is 0 Å². The molecule has 1 rings (SSSR count). The summed E-state index contributed by atoms with van der Waals surface area (Å²) in [6.45, 7) is 0.903. The second-order valence-electron chi connectivity index (χ2n) is 3.96. The Kier molecular flexibility index (Phi) is 5.94. The Morgan fingerprint density at radius 1 is 1.39 bits per heavy atom. The third-order valence-corrected chi connectivity index (χ3v) is 2.64. The first-order valence-corrected chi connectivity index (χ1v) is 5.85. The molecule has 1 N–H and O–H groups in total. The lowest BCUT2D eigenvalue weighted by Gasteiger charge is -2.22. The number of hydrogen-bond acceptors (Lipinski definition) is 3. The van der Waals surface area contributed by atoms with Gasteiger partial charge in [-0.25, -0.2) is 0 Å². The van der Waals surface area contributed by atoms with E-state index in [1.165, 1.54) is 0 Å². The largest absolute Gasteiger partial charge is 0.373 e. The lowest BCUT2D eigenvalue weighted by Crippen LogP contribution is -2.23. The molecule has 3 heteroatoms. The van der Waals surface area contributed by atoms with Gasteiger partial charge in [-0.15, -0.1) is 12.8 Å².